The number of hydrogen-bond donors (Lipinski definition) is 2. The number of benzene rings is 3. The summed E-state index contributed by atoms with van der Waals surface area (Å²) < 4.78 is 5.44. The minimum atomic E-state index is -0.799. The van der Waals surface area contributed by atoms with E-state index in [0.717, 1.165) is 39.3 Å². The van der Waals surface area contributed by atoms with Crippen LogP contribution >= 0.6 is 0 Å². The molecule has 0 unspecified atom stereocenters. The molecule has 0 aliphatic rings. The van der Waals surface area contributed by atoms with E-state index in [2.05, 4.69) is 22.6 Å². The van der Waals surface area contributed by atoms with Gasteiger partial charge in [-0.25, -0.2) is 0 Å². The number of nitrogens with zero attached hydrogens (tertiary/aromatic N) is 1. The van der Waals surface area contributed by atoms with Crippen LogP contribution in [-0.4, -0.2) is 30.4 Å². The average Bonchev–Trinajstić information content (AvgIpc) is 2.82. The fraction of sp³-hybridized carbons (Fsp3) is 0.231. The highest BCUT2D eigenvalue weighted by Crippen LogP contribution is 2.29. The van der Waals surface area contributed by atoms with Gasteiger partial charge >= 0.3 is 5.97 Å². The van der Waals surface area contributed by atoms with Crippen molar-refractivity contribution in [3.63, 3.8) is 0 Å². The molecule has 3 aromatic rings. The van der Waals surface area contributed by atoms with Crippen molar-refractivity contribution in [2.24, 2.45) is 5.16 Å². The number of carboxylic acids is 1. The highest BCUT2D eigenvalue weighted by molar-refractivity contribution is 5.98. The minimum Gasteiger partial charge on any atom is -0.496 e. The summed E-state index contributed by atoms with van der Waals surface area (Å²) in [5.74, 6) is 0.0471. The number of hydrogen-bond acceptors (Lipinski definition) is 5. The Morgan fingerprint density at radius 1 is 0.969 bits per heavy atom. The lowest BCUT2D eigenvalue weighted by Gasteiger charge is -2.09. The molecule has 32 heavy (non-hydrogen) atoms. The quantitative estimate of drug-likeness (QED) is 0.257. The van der Waals surface area contributed by atoms with Gasteiger partial charge in [0.15, 0.2) is 0 Å². The van der Waals surface area contributed by atoms with Crippen molar-refractivity contribution in [1.82, 2.24) is 5.32 Å². The van der Waals surface area contributed by atoms with E-state index >= 15 is 0 Å². The Hall–Kier alpha value is -3.64. The first-order chi connectivity index (χ1) is 15.6. The van der Waals surface area contributed by atoms with E-state index < -0.39 is 5.97 Å². The third-order valence-electron chi connectivity index (χ3n) is 5.02. The standard InChI is InChI=1S/C26H28N2O4/c1-19(22-11-7-20(8-12-22)17-27-16-15-26(29)30)28-32-18-21-9-13-23(14-10-21)24-5-3-4-6-25(24)31-2/h3-14,27H,15-18H2,1-2H3,(H,29,30)/b28-19+. The Bertz CT molecular complexity index is 1040. The lowest BCUT2D eigenvalue weighted by Crippen LogP contribution is -2.17. The smallest absolute Gasteiger partial charge is 0.304 e. The Labute approximate surface area is 188 Å². The Morgan fingerprint density at radius 2 is 1.66 bits per heavy atom. The Balaban J connectivity index is 1.51. The molecule has 0 aliphatic heterocycles. The fourth-order valence-corrected chi connectivity index (χ4v) is 3.21. The van der Waals surface area contributed by atoms with Gasteiger partial charge in [0.05, 0.1) is 19.2 Å². The van der Waals surface area contributed by atoms with Crippen molar-refractivity contribution < 1.29 is 19.5 Å². The maximum Gasteiger partial charge on any atom is 0.304 e. The topological polar surface area (TPSA) is 80.2 Å². The molecule has 3 rings (SSSR count). The van der Waals surface area contributed by atoms with E-state index in [9.17, 15) is 4.79 Å². The summed E-state index contributed by atoms with van der Waals surface area (Å²) >= 11 is 0. The molecule has 0 aromatic heterocycles. The molecular formula is C26H28N2O4. The summed E-state index contributed by atoms with van der Waals surface area (Å²) in [6, 6.07) is 24.1. The zero-order valence-corrected chi connectivity index (χ0v) is 18.4. The molecule has 0 saturated carbocycles. The summed E-state index contributed by atoms with van der Waals surface area (Å²) in [4.78, 5) is 16.1. The van der Waals surface area contributed by atoms with Gasteiger partial charge in [0.2, 0.25) is 0 Å². The number of rotatable bonds is 11. The molecular weight excluding hydrogens is 404 g/mol. The van der Waals surface area contributed by atoms with Crippen LogP contribution in [0.4, 0.5) is 0 Å². The van der Waals surface area contributed by atoms with Crippen molar-refractivity contribution >= 4 is 11.7 Å². The van der Waals surface area contributed by atoms with Crippen molar-refractivity contribution in [3.05, 3.63) is 89.5 Å². The number of carbonyl (C=O) groups is 1. The molecule has 0 bridgehead atoms. The zero-order valence-electron chi connectivity index (χ0n) is 18.4. The molecule has 0 spiro atoms. The number of oxime groups is 1. The highest BCUT2D eigenvalue weighted by atomic mass is 16.6. The second-order valence-electron chi connectivity index (χ2n) is 7.36. The first-order valence-corrected chi connectivity index (χ1v) is 10.5. The molecule has 6 nitrogen and oxygen atoms in total. The second-order valence-corrected chi connectivity index (χ2v) is 7.36. The second kappa shape index (κ2) is 11.7. The predicted molar refractivity (Wildman–Crippen MR) is 126 cm³/mol. The highest BCUT2D eigenvalue weighted by Gasteiger charge is 2.05. The molecule has 2 N–H and O–H groups in total. The number of para-hydroxylation sites is 1. The Morgan fingerprint density at radius 3 is 2.34 bits per heavy atom. The number of ether oxygens (including phenoxy) is 1. The van der Waals surface area contributed by atoms with Crippen LogP contribution < -0.4 is 10.1 Å². The van der Waals surface area contributed by atoms with Gasteiger partial charge in [0, 0.05) is 18.7 Å². The molecule has 166 valence electrons. The van der Waals surface area contributed by atoms with Gasteiger partial charge < -0.3 is 20.0 Å². The van der Waals surface area contributed by atoms with E-state index in [-0.39, 0.29) is 6.42 Å². The fourth-order valence-electron chi connectivity index (χ4n) is 3.21. The van der Waals surface area contributed by atoms with Crippen molar-refractivity contribution in [2.75, 3.05) is 13.7 Å². The molecule has 0 atom stereocenters. The van der Waals surface area contributed by atoms with Gasteiger partial charge in [0.1, 0.15) is 12.4 Å². The summed E-state index contributed by atoms with van der Waals surface area (Å²) in [7, 11) is 1.67. The van der Waals surface area contributed by atoms with Crippen LogP contribution in [0.5, 0.6) is 5.75 Å². The summed E-state index contributed by atoms with van der Waals surface area (Å²) in [6.07, 6.45) is 0.115. The van der Waals surface area contributed by atoms with E-state index in [1.54, 1.807) is 7.11 Å². The summed E-state index contributed by atoms with van der Waals surface area (Å²) in [5, 5.41) is 16.0. The number of carboxylic acid groups (broad SMARTS) is 1. The molecule has 0 heterocycles. The van der Waals surface area contributed by atoms with Crippen molar-refractivity contribution in [2.45, 2.75) is 26.5 Å². The summed E-state index contributed by atoms with van der Waals surface area (Å²) in [6.45, 7) is 3.37. The SMILES string of the molecule is COc1ccccc1-c1ccc(CO/N=C(\C)c2ccc(CNCCC(=O)O)cc2)cc1. The van der Waals surface area contributed by atoms with Crippen molar-refractivity contribution in [3.8, 4) is 16.9 Å². The first kappa shape index (κ1) is 23.0. The van der Waals surface area contributed by atoms with Crippen LogP contribution in [0.25, 0.3) is 11.1 Å². The molecule has 6 heteroatoms. The van der Waals surface area contributed by atoms with Gasteiger partial charge in [-0.3, -0.25) is 4.79 Å². The van der Waals surface area contributed by atoms with E-state index in [1.165, 1.54) is 0 Å². The summed E-state index contributed by atoms with van der Waals surface area (Å²) in [5.41, 5.74) is 6.03. The molecule has 0 radical (unpaired) electrons. The van der Waals surface area contributed by atoms with Gasteiger partial charge in [-0.1, -0.05) is 71.9 Å². The van der Waals surface area contributed by atoms with Gasteiger partial charge in [-0.2, -0.15) is 0 Å². The number of methoxy groups -OCH3 is 1. The molecule has 0 amide bonds. The predicted octanol–water partition coefficient (Wildman–Crippen LogP) is 4.87. The van der Waals surface area contributed by atoms with Gasteiger partial charge in [-0.05, 0) is 35.2 Å². The largest absolute Gasteiger partial charge is 0.496 e. The number of aliphatic carboxylic acids is 1. The third-order valence-corrected chi connectivity index (χ3v) is 5.02. The van der Waals surface area contributed by atoms with E-state index in [1.807, 2.05) is 67.6 Å². The van der Waals surface area contributed by atoms with Crippen LogP contribution in [0, 0.1) is 0 Å². The maximum atomic E-state index is 10.5. The number of nitrogens with one attached hydrogen (secondary N) is 1. The van der Waals surface area contributed by atoms with Crippen LogP contribution in [0.3, 0.4) is 0 Å². The Kier molecular flexibility index (Phi) is 8.40. The van der Waals surface area contributed by atoms with Gasteiger partial charge in [-0.15, -0.1) is 0 Å². The van der Waals surface area contributed by atoms with Crippen LogP contribution in [0.15, 0.2) is 78.0 Å². The molecule has 0 aliphatic carbocycles. The van der Waals surface area contributed by atoms with Crippen LogP contribution in [0.1, 0.15) is 30.0 Å². The maximum absolute atomic E-state index is 10.5. The molecule has 0 saturated heterocycles. The third kappa shape index (κ3) is 6.68. The van der Waals surface area contributed by atoms with Gasteiger partial charge in [0.25, 0.3) is 0 Å². The zero-order chi connectivity index (χ0) is 22.8. The van der Waals surface area contributed by atoms with Crippen LogP contribution in [-0.2, 0) is 22.8 Å². The monoisotopic (exact) mass is 432 g/mol. The normalized spacial score (nSPS) is 11.2. The molecule has 3 aromatic carbocycles. The average molecular weight is 433 g/mol. The van der Waals surface area contributed by atoms with Crippen LogP contribution in [0.2, 0.25) is 0 Å². The molecule has 0 fully saturated rings. The van der Waals surface area contributed by atoms with E-state index in [0.29, 0.717) is 19.7 Å². The lowest BCUT2D eigenvalue weighted by atomic mass is 10.0. The van der Waals surface area contributed by atoms with E-state index in [4.69, 9.17) is 14.7 Å². The van der Waals surface area contributed by atoms with Crippen molar-refractivity contribution in [1.29, 1.82) is 0 Å². The lowest BCUT2D eigenvalue weighted by molar-refractivity contribution is -0.136. The minimum absolute atomic E-state index is 0.115. The first-order valence-electron chi connectivity index (χ1n) is 10.5.